The van der Waals surface area contributed by atoms with Gasteiger partial charge >= 0.3 is 0 Å². The van der Waals surface area contributed by atoms with Gasteiger partial charge in [-0.25, -0.2) is 0 Å². The normalized spacial score (nSPS) is 13.0. The number of anilines is 9. The fraction of sp³-hybridized carbons (Fsp3) is 0.248. The van der Waals surface area contributed by atoms with Crippen molar-refractivity contribution in [1.82, 2.24) is 8.75 Å². The monoisotopic (exact) mass is 1960 g/mol. The highest BCUT2D eigenvalue weighted by Crippen LogP contribution is 2.56. The Bertz CT molecular complexity index is 7210. The zero-order chi connectivity index (χ0) is 100. The molecular formula is C133H135N5S5. The minimum Gasteiger partial charge on any atom is -0.311 e. The summed E-state index contributed by atoms with van der Waals surface area (Å²) in [6.07, 6.45) is 8.28. The minimum atomic E-state index is -0.178. The summed E-state index contributed by atoms with van der Waals surface area (Å²) in [6, 6.07) is 122. The molecule has 722 valence electrons. The van der Waals surface area contributed by atoms with Gasteiger partial charge in [0.25, 0.3) is 0 Å². The summed E-state index contributed by atoms with van der Waals surface area (Å²) in [6.45, 7) is 49.1. The minimum absolute atomic E-state index is 0.142. The van der Waals surface area contributed by atoms with Crippen molar-refractivity contribution in [3.05, 3.63) is 443 Å². The highest BCUT2D eigenvalue weighted by molar-refractivity contribution is 7.24. The fourth-order valence-electron chi connectivity index (χ4n) is 20.7. The molecule has 0 amide bonds. The maximum absolute atomic E-state index is 4.73. The molecule has 1 atom stereocenters. The lowest BCUT2D eigenvalue weighted by Gasteiger charge is -2.29. The molecule has 10 heteroatoms. The van der Waals surface area contributed by atoms with Gasteiger partial charge in [0, 0.05) is 118 Å². The Morgan fingerprint density at radius 2 is 0.503 bits per heavy atom. The van der Waals surface area contributed by atoms with Gasteiger partial charge in [0.1, 0.15) is 11.0 Å². The van der Waals surface area contributed by atoms with E-state index in [-0.39, 0.29) is 16.2 Å². The first kappa shape index (κ1) is 100. The second-order valence-electron chi connectivity index (χ2n) is 41.5. The van der Waals surface area contributed by atoms with Gasteiger partial charge in [-0.05, 0) is 361 Å². The van der Waals surface area contributed by atoms with Gasteiger partial charge in [0.15, 0.2) is 0 Å². The quantitative estimate of drug-likeness (QED) is 0.0716. The molecule has 0 aliphatic heterocycles. The Hall–Kier alpha value is -12.9. The van der Waals surface area contributed by atoms with Gasteiger partial charge in [0.05, 0.1) is 11.7 Å². The van der Waals surface area contributed by atoms with Crippen molar-refractivity contribution in [3.63, 3.8) is 0 Å². The van der Waals surface area contributed by atoms with Gasteiger partial charge in [-0.3, -0.25) is 0 Å². The molecule has 3 aliphatic carbocycles. The molecule has 0 bridgehead atoms. The smallest absolute Gasteiger partial charge is 0.114 e. The molecule has 0 spiro atoms. The predicted octanol–water partition coefficient (Wildman–Crippen LogP) is 40.6. The van der Waals surface area contributed by atoms with Gasteiger partial charge in [-0.15, -0.1) is 45.3 Å². The zero-order valence-electron chi connectivity index (χ0n) is 87.5. The van der Waals surface area contributed by atoms with Crippen LogP contribution < -0.4 is 14.7 Å². The van der Waals surface area contributed by atoms with E-state index in [1.165, 1.54) is 284 Å². The van der Waals surface area contributed by atoms with E-state index in [9.17, 15) is 0 Å². The van der Waals surface area contributed by atoms with E-state index in [1.54, 1.807) is 0 Å². The first-order chi connectivity index (χ1) is 68.8. The molecule has 19 aromatic rings. The Morgan fingerprint density at radius 3 is 0.783 bits per heavy atom. The van der Waals surface area contributed by atoms with Crippen LogP contribution >= 0.6 is 57.1 Å². The van der Waals surface area contributed by atoms with Crippen molar-refractivity contribution in [2.45, 2.75) is 219 Å². The van der Waals surface area contributed by atoms with Crippen LogP contribution in [0.3, 0.4) is 0 Å². The summed E-state index contributed by atoms with van der Waals surface area (Å²) in [5.74, 6) is 0.598. The van der Waals surface area contributed by atoms with Crippen molar-refractivity contribution in [2.75, 3.05) is 14.7 Å². The number of unbranched alkanes of at least 4 members (excludes halogenated alkanes) is 2. The largest absolute Gasteiger partial charge is 0.311 e. The molecule has 5 nitrogen and oxygen atoms in total. The summed E-state index contributed by atoms with van der Waals surface area (Å²) >= 11 is 8.74. The van der Waals surface area contributed by atoms with Gasteiger partial charge < -0.3 is 14.7 Å². The lowest BCUT2D eigenvalue weighted by Crippen LogP contribution is -2.17. The van der Waals surface area contributed by atoms with Crippen LogP contribution in [0, 0.1) is 83.1 Å². The molecule has 0 N–H and O–H groups in total. The predicted molar refractivity (Wildman–Crippen MR) is 626 cm³/mol. The van der Waals surface area contributed by atoms with E-state index >= 15 is 0 Å². The van der Waals surface area contributed by atoms with Crippen LogP contribution in [-0.2, 0) is 29.1 Å². The lowest BCUT2D eigenvalue weighted by atomic mass is 9.81. The van der Waals surface area contributed by atoms with Crippen LogP contribution in [0.4, 0.5) is 51.2 Å². The van der Waals surface area contributed by atoms with E-state index < -0.39 is 0 Å². The second kappa shape index (κ2) is 42.6. The Labute approximate surface area is 871 Å². The standard InChI is InChI=1S/C49H52N2.C26H20N2S5.C24H27N.2C17H18/c1-7-9-11-37-17-25-41(26-18-37)50(39-21-13-35(3)14-22-39)43-29-31-45-46-32-30-44(34-48(46)49(5,6)47(45)33-43)51(40-23-15-36(4)16-24-40)42-27-19-38(20-28-42)12-10-8-2;1-13-11-21(31-25(13)19-9-5-15(3)29-19)17-7-8-18(24-23(17)27-33-28-24)22-12-14(2)26(32-22)20-10-6-16(4)30-20;1-5-20(4)21-10-16-24(17-11-21)25(22-12-6-18(2)7-13-22)23-14-8-19(3)9-15-23;2*1-11-5-7-13-14-8-6-12(2)10-16(14)17(3,4)15(13)9-11/h13-34H,7-12H2,1-6H3;5-12H,1-4H3;6-17,20H,5H2,1-4H3;2*5-10H,1-4H3. The van der Waals surface area contributed by atoms with Crippen molar-refractivity contribution < 1.29 is 0 Å². The molecule has 143 heavy (non-hydrogen) atoms. The zero-order valence-corrected chi connectivity index (χ0v) is 91.6. The summed E-state index contributed by atoms with van der Waals surface area (Å²) in [5, 5.41) is 0. The van der Waals surface area contributed by atoms with Crippen LogP contribution in [0.2, 0.25) is 0 Å². The van der Waals surface area contributed by atoms with E-state index in [0.717, 1.165) is 23.9 Å². The van der Waals surface area contributed by atoms with Crippen molar-refractivity contribution >= 4 is 119 Å². The molecule has 0 saturated heterocycles. The number of hydrogen-bond donors (Lipinski definition) is 0. The molecule has 3 aliphatic rings. The van der Waals surface area contributed by atoms with Crippen molar-refractivity contribution in [2.24, 2.45) is 0 Å². The second-order valence-corrected chi connectivity index (χ2v) is 46.7. The average Bonchev–Trinajstić information content (AvgIpc) is 1.81. The first-order valence-corrected chi connectivity index (χ1v) is 55.1. The highest BCUT2D eigenvalue weighted by Gasteiger charge is 2.40. The van der Waals surface area contributed by atoms with Gasteiger partial charge in [-0.2, -0.15) is 8.75 Å². The third-order valence-electron chi connectivity index (χ3n) is 29.4. The molecule has 0 radical (unpaired) electrons. The maximum atomic E-state index is 4.73. The Morgan fingerprint density at radius 1 is 0.252 bits per heavy atom. The Kier molecular flexibility index (Phi) is 29.8. The van der Waals surface area contributed by atoms with Gasteiger partial charge in [-0.1, -0.05) is 309 Å². The average molecular weight is 1960 g/mol. The molecule has 14 aromatic carbocycles. The van der Waals surface area contributed by atoms with E-state index in [2.05, 4.69) is 495 Å². The van der Waals surface area contributed by atoms with E-state index in [1.807, 2.05) is 45.3 Å². The summed E-state index contributed by atoms with van der Waals surface area (Å²) < 4.78 is 9.47. The number of rotatable bonds is 21. The molecule has 0 saturated carbocycles. The number of benzene rings is 14. The van der Waals surface area contributed by atoms with Crippen LogP contribution in [0.5, 0.6) is 0 Å². The molecule has 22 rings (SSSR count). The number of hydrogen-bond acceptors (Lipinski definition) is 10. The topological polar surface area (TPSA) is 35.5 Å². The molecular weight excluding hydrogens is 1830 g/mol. The van der Waals surface area contributed by atoms with E-state index in [0.29, 0.717) is 5.92 Å². The SMILES string of the molecule is CCC(C)c1ccc(N(c2ccc(C)cc2)c2ccc(C)cc2)cc1.CCCCc1ccc(N(c2ccc(C)cc2)c2ccc3c(c2)C(C)(C)c2cc(N(c4ccc(C)cc4)c4ccc(CCCC)cc4)ccc2-3)cc1.Cc1ccc(-c2sc(-c3ccc(-c4cc(C)c(-c5ccc(C)s5)s4)c4nsnc34)cc2C)s1.Cc1ccc2c(c1)C(C)(C)c1cc(C)ccc1-2.Cc1ccc2c(c1)C(C)(C)c1cc(C)ccc1-2. The third kappa shape index (κ3) is 21.1. The lowest BCUT2D eigenvalue weighted by molar-refractivity contribution is 0.659. The van der Waals surface area contributed by atoms with Crippen LogP contribution in [0.25, 0.3) is 84.8 Å². The molecule has 5 aromatic heterocycles. The number of nitrogens with zero attached hydrogens (tertiary/aromatic N) is 5. The van der Waals surface area contributed by atoms with Crippen LogP contribution in [-0.4, -0.2) is 8.75 Å². The summed E-state index contributed by atoms with van der Waals surface area (Å²) in [5.41, 5.74) is 49.4. The molecule has 0 fully saturated rings. The number of fused-ring (bicyclic) bond motifs is 10. The third-order valence-corrected chi connectivity index (χ3v) is 34.8. The van der Waals surface area contributed by atoms with E-state index in [4.69, 9.17) is 8.75 Å². The Balaban J connectivity index is 0.000000126. The molecule has 1 unspecified atom stereocenters. The number of aromatic nitrogens is 2. The van der Waals surface area contributed by atoms with Crippen molar-refractivity contribution in [1.29, 1.82) is 0 Å². The fourth-order valence-corrected chi connectivity index (χ4v) is 25.8. The number of aryl methyl sites for hydroxylation is 14. The molecule has 5 heterocycles. The summed E-state index contributed by atoms with van der Waals surface area (Å²) in [7, 11) is 0. The number of thiophene rings is 4. The highest BCUT2D eigenvalue weighted by atomic mass is 32.1. The first-order valence-electron chi connectivity index (χ1n) is 51.1. The van der Waals surface area contributed by atoms with Gasteiger partial charge in [0.2, 0.25) is 0 Å². The van der Waals surface area contributed by atoms with Crippen LogP contribution in [0.1, 0.15) is 223 Å². The maximum Gasteiger partial charge on any atom is 0.114 e. The van der Waals surface area contributed by atoms with Crippen LogP contribution in [0.15, 0.2) is 328 Å². The summed E-state index contributed by atoms with van der Waals surface area (Å²) in [4.78, 5) is 17.8. The van der Waals surface area contributed by atoms with Crippen molar-refractivity contribution in [3.8, 4) is 73.8 Å².